The Kier molecular flexibility index (Phi) is 16.7. The molecule has 0 spiro atoms. The van der Waals surface area contributed by atoms with Crippen LogP contribution < -0.4 is 5.73 Å². The van der Waals surface area contributed by atoms with Gasteiger partial charge in [-0.1, -0.05) is 18.9 Å². The smallest absolute Gasteiger partial charge is 0.340 e. The quantitative estimate of drug-likeness (QED) is 0.0872. The highest BCUT2D eigenvalue weighted by molar-refractivity contribution is 7.48. The average molecular weight is 852 g/mol. The Hall–Kier alpha value is -4.05. The lowest BCUT2D eigenvalue weighted by atomic mass is 9.94. The maximum Gasteiger partial charge on any atom is 0.340 e. The fourth-order valence-corrected chi connectivity index (χ4v) is 8.14. The van der Waals surface area contributed by atoms with E-state index in [-0.39, 0.29) is 4.88 Å². The van der Waals surface area contributed by atoms with E-state index in [1.165, 1.54) is 62.8 Å². The monoisotopic (exact) mass is 851 g/mol. The van der Waals surface area contributed by atoms with Gasteiger partial charge in [0.25, 0.3) is 14.3 Å². The maximum absolute atomic E-state index is 15.4. The summed E-state index contributed by atoms with van der Waals surface area (Å²) in [6.45, 7) is 10.7. The van der Waals surface area contributed by atoms with Crippen LogP contribution in [0.25, 0.3) is 10.1 Å². The number of esters is 2. The lowest BCUT2D eigenvalue weighted by molar-refractivity contribution is -0.162. The average Bonchev–Trinajstić information content (AvgIpc) is 3.83. The predicted octanol–water partition coefficient (Wildman–Crippen LogP) is 7.72. The van der Waals surface area contributed by atoms with E-state index >= 15 is 8.78 Å². The van der Waals surface area contributed by atoms with Gasteiger partial charge in [0.05, 0.1) is 28.1 Å². The van der Waals surface area contributed by atoms with Crippen molar-refractivity contribution in [2.24, 2.45) is 16.6 Å². The number of halogens is 2. The van der Waals surface area contributed by atoms with Crippen LogP contribution in [0.2, 0.25) is 0 Å². The number of imidazole rings is 1. The maximum atomic E-state index is 15.4. The van der Waals surface area contributed by atoms with Gasteiger partial charge in [-0.15, -0.1) is 11.3 Å². The zero-order chi connectivity index (χ0) is 42.7. The minimum absolute atomic E-state index is 0.230. The molecule has 3 saturated heterocycles. The lowest BCUT2D eigenvalue weighted by Gasteiger charge is -2.37. The van der Waals surface area contributed by atoms with Crippen LogP contribution in [-0.4, -0.2) is 88.8 Å². The number of aromatic nitrogens is 2. The van der Waals surface area contributed by atoms with Crippen molar-refractivity contribution in [2.75, 3.05) is 33.2 Å². The van der Waals surface area contributed by atoms with E-state index in [0.29, 0.717) is 28.1 Å². The van der Waals surface area contributed by atoms with Crippen molar-refractivity contribution >= 4 is 60.0 Å². The van der Waals surface area contributed by atoms with Crippen molar-refractivity contribution in [3.63, 3.8) is 0 Å². The molecule has 0 saturated carbocycles. The number of ether oxygens (including phenoxy) is 2. The molecule has 18 heteroatoms. The van der Waals surface area contributed by atoms with E-state index < -0.39 is 61.9 Å². The molecule has 0 bridgehead atoms. The SMILES string of the molecule is CC(C)(C)C(=O)OCOP(OCOC(=O)C(C)(C)C)C(F)(F)c1ccc2sc(C(N)=O)cc2c1.O=C1CCCCCC2CCCCN12.O=CN1CC(n2ccnc2)C1. The highest BCUT2D eigenvalue weighted by Gasteiger charge is 2.46. The molecular weight excluding hydrogens is 796 g/mol. The summed E-state index contributed by atoms with van der Waals surface area (Å²) in [4.78, 5) is 65.3. The second-order valence-corrected chi connectivity index (χ2v) is 19.1. The van der Waals surface area contributed by atoms with E-state index in [1.807, 2.05) is 10.8 Å². The lowest BCUT2D eigenvalue weighted by Crippen LogP contribution is -2.46. The van der Waals surface area contributed by atoms with Crippen LogP contribution >= 0.6 is 19.7 Å². The van der Waals surface area contributed by atoms with Gasteiger partial charge in [0, 0.05) is 54.8 Å². The molecule has 0 aliphatic carbocycles. The van der Waals surface area contributed by atoms with Gasteiger partial charge in [-0.25, -0.2) is 4.98 Å². The number of hydrogen-bond donors (Lipinski definition) is 1. The van der Waals surface area contributed by atoms with E-state index in [2.05, 4.69) is 9.88 Å². The fraction of sp³-hybridized carbons (Fsp3) is 0.600. The summed E-state index contributed by atoms with van der Waals surface area (Å²) in [6.07, 6.45) is 15.9. The number of rotatable bonds is 11. The summed E-state index contributed by atoms with van der Waals surface area (Å²) in [7, 11) is -3.05. The molecule has 3 aliphatic heterocycles. The molecule has 58 heavy (non-hydrogen) atoms. The van der Waals surface area contributed by atoms with Crippen molar-refractivity contribution < 1.29 is 51.3 Å². The van der Waals surface area contributed by atoms with Gasteiger partial charge in [-0.3, -0.25) is 33.0 Å². The van der Waals surface area contributed by atoms with Crippen LogP contribution in [0.1, 0.15) is 114 Å². The number of primary amides is 1. The topological polar surface area (TPSA) is 173 Å². The van der Waals surface area contributed by atoms with E-state index in [9.17, 15) is 24.0 Å². The third kappa shape index (κ3) is 13.2. The predicted molar refractivity (Wildman–Crippen MR) is 215 cm³/mol. The zero-order valence-corrected chi connectivity index (χ0v) is 35.8. The molecule has 14 nitrogen and oxygen atoms in total. The van der Waals surface area contributed by atoms with Gasteiger partial charge >= 0.3 is 17.6 Å². The molecule has 6 rings (SSSR count). The second kappa shape index (κ2) is 20.8. The summed E-state index contributed by atoms with van der Waals surface area (Å²) in [5.74, 6) is -1.54. The van der Waals surface area contributed by atoms with Crippen LogP contribution in [0.15, 0.2) is 43.0 Å². The molecule has 1 aromatic carbocycles. The number of piperidine rings is 1. The molecule has 3 amide bonds. The van der Waals surface area contributed by atoms with Crippen LogP contribution in [0, 0.1) is 10.8 Å². The van der Waals surface area contributed by atoms with Gasteiger partial charge in [0.1, 0.15) is 0 Å². The Morgan fingerprint density at radius 1 is 0.914 bits per heavy atom. The Morgan fingerprint density at radius 2 is 1.53 bits per heavy atom. The number of nitrogens with two attached hydrogens (primary N) is 1. The summed E-state index contributed by atoms with van der Waals surface area (Å²) in [6, 6.07) is 6.27. The molecule has 3 fully saturated rings. The number of fused-ring (bicyclic) bond motifs is 2. The van der Waals surface area contributed by atoms with Crippen LogP contribution in [0.5, 0.6) is 0 Å². The van der Waals surface area contributed by atoms with Gasteiger partial charge in [-0.05, 0) is 97.2 Å². The van der Waals surface area contributed by atoms with Gasteiger partial charge in [0.15, 0.2) is 13.6 Å². The van der Waals surface area contributed by atoms with Gasteiger partial charge in [-0.2, -0.15) is 8.78 Å². The third-order valence-corrected chi connectivity index (χ3v) is 12.2. The summed E-state index contributed by atoms with van der Waals surface area (Å²) in [5, 5.41) is 0.393. The highest BCUT2D eigenvalue weighted by Crippen LogP contribution is 2.60. The molecule has 5 heterocycles. The summed E-state index contributed by atoms with van der Waals surface area (Å²) in [5.41, 5.74) is -0.584. The molecule has 1 atom stereocenters. The van der Waals surface area contributed by atoms with Gasteiger partial charge in [0.2, 0.25) is 12.3 Å². The van der Waals surface area contributed by atoms with E-state index in [1.54, 1.807) is 59.0 Å². The van der Waals surface area contributed by atoms with Crippen LogP contribution in [0.3, 0.4) is 0 Å². The Balaban J connectivity index is 0.000000247. The van der Waals surface area contributed by atoms with Crippen molar-refractivity contribution in [1.82, 2.24) is 19.4 Å². The Labute approximate surface area is 343 Å². The first-order valence-electron chi connectivity index (χ1n) is 19.4. The number of hydrogen-bond acceptors (Lipinski definition) is 11. The van der Waals surface area contributed by atoms with Crippen LogP contribution in [-0.2, 0) is 43.4 Å². The van der Waals surface area contributed by atoms with Crippen LogP contribution in [0.4, 0.5) is 8.78 Å². The van der Waals surface area contributed by atoms with Gasteiger partial charge < -0.3 is 29.6 Å². The van der Waals surface area contributed by atoms with Crippen molar-refractivity contribution in [3.05, 3.63) is 53.4 Å². The molecular formula is C40H56F2N5O9PS. The standard InChI is InChI=1S/C22H28F2NO7PS.C11H19NO.C7H9N3O/c1-20(2,3)18(27)29-11-31-33(32-12-30-19(28)21(4,5)6)22(23,24)14-7-8-15-13(9-14)10-16(34-15)17(25)26;13-11-8-3-1-2-6-10-7-4-5-9-12(10)11;11-6-9-3-7(4-9)10-2-1-8-5-10/h7-10H,11-12H2,1-6H3,(H2,25,26);10H,1-9H2;1-2,5-7H,3-4H2. The number of thiophene rings is 1. The number of carbonyl (C=O) groups excluding carboxylic acids is 5. The Morgan fingerprint density at radius 3 is 2.09 bits per heavy atom. The van der Waals surface area contributed by atoms with E-state index in [4.69, 9.17) is 24.3 Å². The molecule has 3 aromatic rings. The first kappa shape index (κ1) is 46.6. The number of likely N-dealkylation sites (tertiary alicyclic amines) is 1. The molecule has 320 valence electrons. The van der Waals surface area contributed by atoms with E-state index in [0.717, 1.165) is 50.2 Å². The first-order chi connectivity index (χ1) is 27.3. The van der Waals surface area contributed by atoms with Crippen molar-refractivity contribution in [2.45, 2.75) is 111 Å². The minimum atomic E-state index is -3.68. The number of amides is 3. The third-order valence-electron chi connectivity index (χ3n) is 9.64. The first-order valence-corrected chi connectivity index (χ1v) is 21.4. The summed E-state index contributed by atoms with van der Waals surface area (Å²) < 4.78 is 53.6. The molecule has 2 aromatic heterocycles. The zero-order valence-electron chi connectivity index (χ0n) is 34.1. The normalized spacial score (nSPS) is 17.7. The Bertz CT molecular complexity index is 1810. The summed E-state index contributed by atoms with van der Waals surface area (Å²) >= 11 is 1.08. The second-order valence-electron chi connectivity index (χ2n) is 16.4. The fourth-order valence-electron chi connectivity index (χ4n) is 6.20. The number of nitrogens with zero attached hydrogens (tertiary/aromatic N) is 4. The molecule has 2 N–H and O–H groups in total. The minimum Gasteiger partial charge on any atom is -0.438 e. The number of carbonyl (C=O) groups is 5. The highest BCUT2D eigenvalue weighted by atomic mass is 32.1. The van der Waals surface area contributed by atoms with Crippen molar-refractivity contribution in [1.29, 1.82) is 0 Å². The largest absolute Gasteiger partial charge is 0.438 e. The van der Waals surface area contributed by atoms with Crippen molar-refractivity contribution in [3.8, 4) is 0 Å². The molecule has 0 radical (unpaired) electrons. The number of benzene rings is 1. The number of alkyl halides is 2. The molecule has 3 aliphatic rings. The molecule has 1 unspecified atom stereocenters.